The van der Waals surface area contributed by atoms with Gasteiger partial charge < -0.3 is 10.6 Å². The zero-order chi connectivity index (χ0) is 14.0. The van der Waals surface area contributed by atoms with Gasteiger partial charge in [-0.1, -0.05) is 12.1 Å². The van der Waals surface area contributed by atoms with Crippen LogP contribution in [0.5, 0.6) is 0 Å². The van der Waals surface area contributed by atoms with E-state index in [-0.39, 0.29) is 23.6 Å². The first-order valence-electron chi connectivity index (χ1n) is 6.27. The summed E-state index contributed by atoms with van der Waals surface area (Å²) in [5.41, 5.74) is 6.46. The third-order valence-electron chi connectivity index (χ3n) is 3.49. The standard InChI is InChI=1S/C13H17N3O3/c1-9(13(17)15-6-5-11(14)8-15)10-3-2-4-12(7-10)16(18)19/h2-4,7,9,11H,5-6,8,14H2,1H3/t9?,11-/m0/s1. The monoisotopic (exact) mass is 263 g/mol. The number of amides is 1. The molecule has 0 radical (unpaired) electrons. The fraction of sp³-hybridized carbons (Fsp3) is 0.462. The van der Waals surface area contributed by atoms with Crippen LogP contribution in [0.3, 0.4) is 0 Å². The summed E-state index contributed by atoms with van der Waals surface area (Å²) < 4.78 is 0. The van der Waals surface area contributed by atoms with Crippen molar-refractivity contribution in [3.8, 4) is 0 Å². The number of carbonyl (C=O) groups is 1. The number of benzene rings is 1. The van der Waals surface area contributed by atoms with Crippen LogP contribution in [0.2, 0.25) is 0 Å². The van der Waals surface area contributed by atoms with E-state index >= 15 is 0 Å². The Balaban J connectivity index is 2.14. The average molecular weight is 263 g/mol. The molecule has 2 rings (SSSR count). The highest BCUT2D eigenvalue weighted by atomic mass is 16.6. The highest BCUT2D eigenvalue weighted by Crippen LogP contribution is 2.23. The number of nitrogens with two attached hydrogens (primary N) is 1. The quantitative estimate of drug-likeness (QED) is 0.656. The summed E-state index contributed by atoms with van der Waals surface area (Å²) >= 11 is 0. The molecule has 1 heterocycles. The number of hydrogen-bond donors (Lipinski definition) is 1. The number of non-ortho nitro benzene ring substituents is 1. The van der Waals surface area contributed by atoms with E-state index in [9.17, 15) is 14.9 Å². The first-order chi connectivity index (χ1) is 8.99. The van der Waals surface area contributed by atoms with Gasteiger partial charge >= 0.3 is 0 Å². The van der Waals surface area contributed by atoms with Gasteiger partial charge in [0.15, 0.2) is 0 Å². The van der Waals surface area contributed by atoms with Crippen LogP contribution in [0, 0.1) is 10.1 Å². The van der Waals surface area contributed by atoms with E-state index in [0.717, 1.165) is 6.42 Å². The molecule has 0 aliphatic carbocycles. The van der Waals surface area contributed by atoms with Gasteiger partial charge in [-0.25, -0.2) is 0 Å². The van der Waals surface area contributed by atoms with E-state index in [0.29, 0.717) is 18.7 Å². The Bertz CT molecular complexity index is 504. The van der Waals surface area contributed by atoms with Gasteiger partial charge in [0.05, 0.1) is 10.8 Å². The van der Waals surface area contributed by atoms with E-state index in [4.69, 9.17) is 5.73 Å². The number of carbonyl (C=O) groups excluding carboxylic acids is 1. The molecule has 2 N–H and O–H groups in total. The molecule has 0 bridgehead atoms. The molecule has 102 valence electrons. The zero-order valence-corrected chi connectivity index (χ0v) is 10.8. The molecule has 0 aromatic heterocycles. The number of nitro groups is 1. The summed E-state index contributed by atoms with van der Waals surface area (Å²) in [4.78, 5) is 24.3. The summed E-state index contributed by atoms with van der Waals surface area (Å²) in [5, 5.41) is 10.7. The Morgan fingerprint density at radius 1 is 1.58 bits per heavy atom. The van der Waals surface area contributed by atoms with Crippen molar-refractivity contribution in [1.82, 2.24) is 4.90 Å². The molecule has 1 unspecified atom stereocenters. The molecule has 6 nitrogen and oxygen atoms in total. The maximum atomic E-state index is 12.3. The Kier molecular flexibility index (Phi) is 3.80. The van der Waals surface area contributed by atoms with Crippen LogP contribution < -0.4 is 5.73 Å². The molecular weight excluding hydrogens is 246 g/mol. The molecule has 1 aromatic carbocycles. The minimum Gasteiger partial charge on any atom is -0.341 e. The van der Waals surface area contributed by atoms with Crippen molar-refractivity contribution >= 4 is 11.6 Å². The Morgan fingerprint density at radius 3 is 2.89 bits per heavy atom. The van der Waals surface area contributed by atoms with Crippen molar-refractivity contribution in [3.63, 3.8) is 0 Å². The summed E-state index contributed by atoms with van der Waals surface area (Å²) in [5.74, 6) is -0.404. The molecule has 1 aliphatic rings. The topological polar surface area (TPSA) is 89.5 Å². The largest absolute Gasteiger partial charge is 0.341 e. The molecule has 0 saturated carbocycles. The molecule has 6 heteroatoms. The van der Waals surface area contributed by atoms with Gasteiger partial charge in [-0.15, -0.1) is 0 Å². The van der Waals surface area contributed by atoms with Gasteiger partial charge in [-0.2, -0.15) is 0 Å². The van der Waals surface area contributed by atoms with Crippen molar-refractivity contribution < 1.29 is 9.72 Å². The number of rotatable bonds is 3. The van der Waals surface area contributed by atoms with Crippen molar-refractivity contribution in [1.29, 1.82) is 0 Å². The Morgan fingerprint density at radius 2 is 2.32 bits per heavy atom. The van der Waals surface area contributed by atoms with Gasteiger partial charge in [0.2, 0.25) is 5.91 Å². The molecular formula is C13H17N3O3. The van der Waals surface area contributed by atoms with E-state index in [1.54, 1.807) is 24.0 Å². The molecule has 0 spiro atoms. The Labute approximate surface area is 111 Å². The first kappa shape index (κ1) is 13.5. The second-order valence-electron chi connectivity index (χ2n) is 4.91. The summed E-state index contributed by atoms with van der Waals surface area (Å²) in [6.45, 7) is 3.00. The van der Waals surface area contributed by atoms with Crippen LogP contribution in [0.1, 0.15) is 24.8 Å². The molecule has 1 aliphatic heterocycles. The lowest BCUT2D eigenvalue weighted by Gasteiger charge is -2.20. The van der Waals surface area contributed by atoms with Crippen LogP contribution in [0.25, 0.3) is 0 Å². The third-order valence-corrected chi connectivity index (χ3v) is 3.49. The Hall–Kier alpha value is -1.95. The molecule has 1 saturated heterocycles. The predicted molar refractivity (Wildman–Crippen MR) is 70.7 cm³/mol. The molecule has 2 atom stereocenters. The summed E-state index contributed by atoms with van der Waals surface area (Å²) in [6, 6.07) is 6.27. The fourth-order valence-corrected chi connectivity index (χ4v) is 2.31. The van der Waals surface area contributed by atoms with Crippen LogP contribution in [0.4, 0.5) is 5.69 Å². The highest BCUT2D eigenvalue weighted by Gasteiger charge is 2.28. The molecule has 1 amide bonds. The van der Waals surface area contributed by atoms with Gasteiger partial charge in [-0.05, 0) is 18.9 Å². The predicted octanol–water partition coefficient (Wildman–Crippen LogP) is 1.26. The van der Waals surface area contributed by atoms with E-state index < -0.39 is 4.92 Å². The maximum absolute atomic E-state index is 12.3. The van der Waals surface area contributed by atoms with Crippen LogP contribution >= 0.6 is 0 Å². The van der Waals surface area contributed by atoms with Crippen LogP contribution in [-0.4, -0.2) is 34.9 Å². The second kappa shape index (κ2) is 5.36. The van der Waals surface area contributed by atoms with E-state index in [1.165, 1.54) is 12.1 Å². The smallest absolute Gasteiger partial charge is 0.269 e. The first-order valence-corrected chi connectivity index (χ1v) is 6.27. The van der Waals surface area contributed by atoms with Crippen molar-refractivity contribution in [2.75, 3.05) is 13.1 Å². The van der Waals surface area contributed by atoms with Gasteiger partial charge in [0, 0.05) is 31.3 Å². The second-order valence-corrected chi connectivity index (χ2v) is 4.91. The van der Waals surface area contributed by atoms with E-state index in [1.807, 2.05) is 0 Å². The normalized spacial score (nSPS) is 20.3. The number of nitro benzene ring substituents is 1. The van der Waals surface area contributed by atoms with Gasteiger partial charge in [0.1, 0.15) is 0 Å². The minimum atomic E-state index is -0.452. The zero-order valence-electron chi connectivity index (χ0n) is 10.8. The highest BCUT2D eigenvalue weighted by molar-refractivity contribution is 5.83. The number of likely N-dealkylation sites (tertiary alicyclic amines) is 1. The average Bonchev–Trinajstić information content (AvgIpc) is 2.84. The van der Waals surface area contributed by atoms with Crippen LogP contribution in [0.15, 0.2) is 24.3 Å². The van der Waals surface area contributed by atoms with Crippen LogP contribution in [-0.2, 0) is 4.79 Å². The summed E-state index contributed by atoms with van der Waals surface area (Å²) in [6.07, 6.45) is 0.813. The van der Waals surface area contributed by atoms with Crippen molar-refractivity contribution in [2.45, 2.75) is 25.3 Å². The van der Waals surface area contributed by atoms with Crippen molar-refractivity contribution in [2.24, 2.45) is 5.73 Å². The number of nitrogens with zero attached hydrogens (tertiary/aromatic N) is 2. The van der Waals surface area contributed by atoms with Crippen molar-refractivity contribution in [3.05, 3.63) is 39.9 Å². The maximum Gasteiger partial charge on any atom is 0.269 e. The SMILES string of the molecule is CC(C(=O)N1CC[C@H](N)C1)c1cccc([N+](=O)[O-])c1. The fourth-order valence-electron chi connectivity index (χ4n) is 2.31. The van der Waals surface area contributed by atoms with Gasteiger partial charge in [-0.3, -0.25) is 14.9 Å². The lowest BCUT2D eigenvalue weighted by molar-refractivity contribution is -0.384. The van der Waals surface area contributed by atoms with E-state index in [2.05, 4.69) is 0 Å². The third kappa shape index (κ3) is 2.90. The lowest BCUT2D eigenvalue weighted by atomic mass is 9.99. The lowest BCUT2D eigenvalue weighted by Crippen LogP contribution is -2.34. The summed E-state index contributed by atoms with van der Waals surface area (Å²) in [7, 11) is 0. The number of hydrogen-bond acceptors (Lipinski definition) is 4. The molecule has 1 aromatic rings. The molecule has 19 heavy (non-hydrogen) atoms. The molecule has 1 fully saturated rings. The minimum absolute atomic E-state index is 0.00951. The van der Waals surface area contributed by atoms with Gasteiger partial charge in [0.25, 0.3) is 5.69 Å².